The van der Waals surface area contributed by atoms with E-state index >= 15 is 0 Å². The van der Waals surface area contributed by atoms with Crippen molar-refractivity contribution in [3.05, 3.63) is 65.3 Å². The van der Waals surface area contributed by atoms with Crippen LogP contribution in [0.1, 0.15) is 64.2 Å². The van der Waals surface area contributed by atoms with Crippen LogP contribution in [0.2, 0.25) is 0 Å². The molecule has 1 unspecified atom stereocenters. The fourth-order valence-corrected chi connectivity index (χ4v) is 4.00. The van der Waals surface area contributed by atoms with Crippen LogP contribution in [0.5, 0.6) is 11.5 Å². The molecule has 2 aromatic carbocycles. The summed E-state index contributed by atoms with van der Waals surface area (Å²) in [5, 5.41) is 0. The third-order valence-corrected chi connectivity index (χ3v) is 6.13. The Morgan fingerprint density at radius 1 is 1.06 bits per heavy atom. The molecule has 0 aliphatic carbocycles. The predicted molar refractivity (Wildman–Crippen MR) is 147 cm³/mol. The molecule has 0 aliphatic rings. The van der Waals surface area contributed by atoms with Gasteiger partial charge in [0.15, 0.2) is 0 Å². The Labute approximate surface area is 207 Å². The minimum Gasteiger partial charge on any atom is -0.496 e. The molecule has 0 bridgehead atoms. The first kappa shape index (κ1) is 27.1. The Bertz CT molecular complexity index is 1040. The van der Waals surface area contributed by atoms with E-state index < -0.39 is 0 Å². The topological polar surface area (TPSA) is 21.7 Å². The molecule has 0 N–H and O–H groups in total. The van der Waals surface area contributed by atoms with Gasteiger partial charge in [-0.05, 0) is 61.4 Å². The minimum atomic E-state index is 0.532. The summed E-state index contributed by atoms with van der Waals surface area (Å²) in [4.78, 5) is 2.24. The molecule has 182 valence electrons. The first-order valence-corrected chi connectivity index (χ1v) is 12.3. The number of methoxy groups -OCH3 is 2. The van der Waals surface area contributed by atoms with Gasteiger partial charge in [-0.1, -0.05) is 64.3 Å². The van der Waals surface area contributed by atoms with Gasteiger partial charge in [0.2, 0.25) is 0 Å². The van der Waals surface area contributed by atoms with Crippen LogP contribution in [0.4, 0.5) is 11.4 Å². The highest BCUT2D eigenvalue weighted by atomic mass is 16.5. The summed E-state index contributed by atoms with van der Waals surface area (Å²) >= 11 is 0. The molecule has 2 rings (SSSR count). The van der Waals surface area contributed by atoms with Crippen molar-refractivity contribution in [2.75, 3.05) is 25.7 Å². The molecule has 0 radical (unpaired) electrons. The molecule has 0 aromatic heterocycles. The fraction of sp³-hybridized carbons (Fsp3) is 0.419. The molecule has 0 aliphatic heterocycles. The average Bonchev–Trinajstić information content (AvgIpc) is 2.86. The SMILES string of the molecule is CC#CCN(c1cc(OC)c(CC)c(OC)c1)c1ccc(C(/C=C/CC)=C/C(C)CC)cc1C. The van der Waals surface area contributed by atoms with E-state index in [0.29, 0.717) is 12.5 Å². The number of benzene rings is 2. The Balaban J connectivity index is 2.62. The van der Waals surface area contributed by atoms with Crippen LogP contribution in [-0.4, -0.2) is 20.8 Å². The second-order valence-electron chi connectivity index (χ2n) is 8.51. The van der Waals surface area contributed by atoms with E-state index in [9.17, 15) is 0 Å². The third kappa shape index (κ3) is 6.70. The van der Waals surface area contributed by atoms with Gasteiger partial charge in [0, 0.05) is 29.1 Å². The van der Waals surface area contributed by atoms with Gasteiger partial charge in [-0.3, -0.25) is 0 Å². The van der Waals surface area contributed by atoms with Crippen molar-refractivity contribution in [2.45, 2.75) is 60.8 Å². The van der Waals surface area contributed by atoms with E-state index in [4.69, 9.17) is 9.47 Å². The Kier molecular flexibility index (Phi) is 10.8. The molecule has 0 spiro atoms. The second-order valence-corrected chi connectivity index (χ2v) is 8.51. The van der Waals surface area contributed by atoms with Gasteiger partial charge in [-0.2, -0.15) is 0 Å². The molecule has 0 heterocycles. The Morgan fingerprint density at radius 2 is 1.74 bits per heavy atom. The smallest absolute Gasteiger partial charge is 0.127 e. The van der Waals surface area contributed by atoms with Crippen LogP contribution in [-0.2, 0) is 6.42 Å². The molecule has 0 fully saturated rings. The largest absolute Gasteiger partial charge is 0.496 e. The predicted octanol–water partition coefficient (Wildman–Crippen LogP) is 8.13. The zero-order valence-corrected chi connectivity index (χ0v) is 22.3. The maximum absolute atomic E-state index is 5.72. The quantitative estimate of drug-likeness (QED) is 0.250. The molecular formula is C31H41NO2. The zero-order chi connectivity index (χ0) is 25.1. The van der Waals surface area contributed by atoms with Crippen molar-refractivity contribution in [3.8, 4) is 23.3 Å². The summed E-state index contributed by atoms with van der Waals surface area (Å²) in [5.41, 5.74) is 6.93. The van der Waals surface area contributed by atoms with Crippen LogP contribution >= 0.6 is 0 Å². The first-order valence-electron chi connectivity index (χ1n) is 12.3. The lowest BCUT2D eigenvalue weighted by molar-refractivity contribution is 0.386. The van der Waals surface area contributed by atoms with Crippen molar-refractivity contribution in [2.24, 2.45) is 5.92 Å². The molecule has 3 nitrogen and oxygen atoms in total. The second kappa shape index (κ2) is 13.6. The van der Waals surface area contributed by atoms with Gasteiger partial charge < -0.3 is 14.4 Å². The van der Waals surface area contributed by atoms with Gasteiger partial charge >= 0.3 is 0 Å². The molecule has 0 saturated carbocycles. The molecule has 34 heavy (non-hydrogen) atoms. The van der Waals surface area contributed by atoms with E-state index in [1.54, 1.807) is 14.2 Å². The lowest BCUT2D eigenvalue weighted by atomic mass is 9.96. The lowest BCUT2D eigenvalue weighted by Gasteiger charge is -2.27. The number of hydrogen-bond donors (Lipinski definition) is 0. The van der Waals surface area contributed by atoms with E-state index in [0.717, 1.165) is 47.7 Å². The number of anilines is 2. The van der Waals surface area contributed by atoms with Crippen molar-refractivity contribution >= 4 is 16.9 Å². The highest BCUT2D eigenvalue weighted by molar-refractivity contribution is 5.78. The molecule has 2 aromatic rings. The summed E-state index contributed by atoms with van der Waals surface area (Å²) in [6.07, 6.45) is 9.84. The number of nitrogens with zero attached hydrogens (tertiary/aromatic N) is 1. The lowest BCUT2D eigenvalue weighted by Crippen LogP contribution is -2.19. The standard InChI is InChI=1S/C31H41NO2/c1-9-13-15-25(19-23(5)11-3)26-16-17-29(24(6)20-26)32(18-14-10-2)27-21-30(33-7)28(12-4)31(22-27)34-8/h13,15-17,19-23H,9,11-12,18H2,1-8H3/b15-13+,25-19+. The monoisotopic (exact) mass is 459 g/mol. The average molecular weight is 460 g/mol. The Morgan fingerprint density at radius 3 is 2.24 bits per heavy atom. The van der Waals surface area contributed by atoms with E-state index in [-0.39, 0.29) is 0 Å². The van der Waals surface area contributed by atoms with E-state index in [1.165, 1.54) is 16.7 Å². The van der Waals surface area contributed by atoms with Gasteiger partial charge in [-0.25, -0.2) is 0 Å². The number of ether oxygens (including phenoxy) is 2. The molecule has 3 heteroatoms. The normalized spacial score (nSPS) is 12.3. The van der Waals surface area contributed by atoms with Gasteiger partial charge in [0.1, 0.15) is 11.5 Å². The van der Waals surface area contributed by atoms with E-state index in [2.05, 4.69) is 99.9 Å². The van der Waals surface area contributed by atoms with Crippen molar-refractivity contribution in [3.63, 3.8) is 0 Å². The number of hydrogen-bond acceptors (Lipinski definition) is 3. The molecule has 0 amide bonds. The van der Waals surface area contributed by atoms with Crippen molar-refractivity contribution < 1.29 is 9.47 Å². The van der Waals surface area contributed by atoms with E-state index in [1.807, 2.05) is 6.92 Å². The highest BCUT2D eigenvalue weighted by Gasteiger charge is 2.18. The summed E-state index contributed by atoms with van der Waals surface area (Å²) in [6.45, 7) is 13.4. The minimum absolute atomic E-state index is 0.532. The number of allylic oxidation sites excluding steroid dienone is 4. The molecule has 0 saturated heterocycles. The van der Waals surface area contributed by atoms with Crippen LogP contribution in [0, 0.1) is 24.7 Å². The Hall–Kier alpha value is -3.12. The third-order valence-electron chi connectivity index (χ3n) is 6.13. The van der Waals surface area contributed by atoms with Gasteiger partial charge in [-0.15, -0.1) is 5.92 Å². The first-order chi connectivity index (χ1) is 16.4. The maximum atomic E-state index is 5.72. The fourth-order valence-electron chi connectivity index (χ4n) is 4.00. The van der Waals surface area contributed by atoms with Crippen molar-refractivity contribution in [1.29, 1.82) is 0 Å². The number of rotatable bonds is 11. The summed E-state index contributed by atoms with van der Waals surface area (Å²) in [5.74, 6) is 8.50. The maximum Gasteiger partial charge on any atom is 0.127 e. The van der Waals surface area contributed by atoms with Crippen LogP contribution < -0.4 is 14.4 Å². The molecular weight excluding hydrogens is 418 g/mol. The molecule has 1 atom stereocenters. The zero-order valence-electron chi connectivity index (χ0n) is 22.3. The summed E-state index contributed by atoms with van der Waals surface area (Å²) in [7, 11) is 3.42. The van der Waals surface area contributed by atoms with Crippen LogP contribution in [0.15, 0.2) is 48.6 Å². The number of aryl methyl sites for hydroxylation is 1. The van der Waals surface area contributed by atoms with Gasteiger partial charge in [0.25, 0.3) is 0 Å². The van der Waals surface area contributed by atoms with Crippen molar-refractivity contribution in [1.82, 2.24) is 0 Å². The summed E-state index contributed by atoms with van der Waals surface area (Å²) in [6, 6.07) is 10.9. The highest BCUT2D eigenvalue weighted by Crippen LogP contribution is 2.38. The van der Waals surface area contributed by atoms with Crippen LogP contribution in [0.3, 0.4) is 0 Å². The van der Waals surface area contributed by atoms with Gasteiger partial charge in [0.05, 0.1) is 20.8 Å². The summed E-state index contributed by atoms with van der Waals surface area (Å²) < 4.78 is 11.4. The van der Waals surface area contributed by atoms with Crippen LogP contribution in [0.25, 0.3) is 5.57 Å².